The van der Waals surface area contributed by atoms with Crippen LogP contribution in [0.3, 0.4) is 0 Å². The predicted molar refractivity (Wildman–Crippen MR) is 184 cm³/mol. The van der Waals surface area contributed by atoms with Crippen molar-refractivity contribution in [2.75, 3.05) is 0 Å². The Balaban J connectivity index is 1.29. The molecule has 1 heterocycles. The highest BCUT2D eigenvalue weighted by Gasteiger charge is 2.16. The van der Waals surface area contributed by atoms with E-state index < -0.39 is 0 Å². The first-order valence-corrected chi connectivity index (χ1v) is 14.9. The van der Waals surface area contributed by atoms with Gasteiger partial charge in [0.1, 0.15) is 0 Å². The second-order valence-corrected chi connectivity index (χ2v) is 11.3. The summed E-state index contributed by atoms with van der Waals surface area (Å²) in [4.78, 5) is 15.3. The lowest BCUT2D eigenvalue weighted by molar-refractivity contribution is 1.08. The highest BCUT2D eigenvalue weighted by Crippen LogP contribution is 2.36. The summed E-state index contributed by atoms with van der Waals surface area (Å²) in [5, 5.41) is 12.0. The maximum absolute atomic E-state index is 5.13. The van der Waals surface area contributed by atoms with Crippen molar-refractivity contribution in [2.24, 2.45) is 0 Å². The van der Waals surface area contributed by atoms with E-state index >= 15 is 0 Å². The van der Waals surface area contributed by atoms with Gasteiger partial charge in [-0.1, -0.05) is 140 Å². The quantitative estimate of drug-likeness (QED) is 0.202. The van der Waals surface area contributed by atoms with E-state index in [1.165, 1.54) is 37.7 Å². The van der Waals surface area contributed by atoms with E-state index in [1.807, 2.05) is 0 Å². The van der Waals surface area contributed by atoms with Crippen LogP contribution in [0.4, 0.5) is 0 Å². The molecule has 0 unspecified atom stereocenters. The molecule has 9 aromatic rings. The van der Waals surface area contributed by atoms with Crippen molar-refractivity contribution in [3.8, 4) is 34.2 Å². The average molecular weight is 560 g/mol. The second kappa shape index (κ2) is 9.82. The van der Waals surface area contributed by atoms with Crippen LogP contribution in [0.1, 0.15) is 0 Å². The molecule has 0 aliphatic carbocycles. The molecule has 3 heteroatoms. The summed E-state index contributed by atoms with van der Waals surface area (Å²) in [6.07, 6.45) is 0. The molecule has 0 saturated carbocycles. The Labute approximate surface area is 254 Å². The Morgan fingerprint density at radius 1 is 0.273 bits per heavy atom. The zero-order valence-electron chi connectivity index (χ0n) is 23.8. The largest absolute Gasteiger partial charge is 0.208 e. The molecule has 3 nitrogen and oxygen atoms in total. The van der Waals surface area contributed by atoms with Gasteiger partial charge in [0.25, 0.3) is 0 Å². The number of benzene rings is 8. The number of hydrogen-bond donors (Lipinski definition) is 0. The van der Waals surface area contributed by atoms with Crippen molar-refractivity contribution >= 4 is 53.9 Å². The summed E-state index contributed by atoms with van der Waals surface area (Å²) >= 11 is 0. The molecule has 0 N–H and O–H groups in total. The lowest BCUT2D eigenvalue weighted by atomic mass is 9.95. The summed E-state index contributed by atoms with van der Waals surface area (Å²) in [6.45, 7) is 0. The van der Waals surface area contributed by atoms with Crippen LogP contribution < -0.4 is 0 Å². The molecule has 0 atom stereocenters. The van der Waals surface area contributed by atoms with Gasteiger partial charge in [0, 0.05) is 16.7 Å². The molecule has 9 rings (SSSR count). The lowest BCUT2D eigenvalue weighted by Crippen LogP contribution is -2.00. The molecule has 0 aliphatic heterocycles. The van der Waals surface area contributed by atoms with Gasteiger partial charge >= 0.3 is 0 Å². The summed E-state index contributed by atoms with van der Waals surface area (Å²) in [7, 11) is 0. The van der Waals surface area contributed by atoms with E-state index in [-0.39, 0.29) is 0 Å². The Hall–Kier alpha value is -5.93. The molecule has 0 radical (unpaired) electrons. The fourth-order valence-corrected chi connectivity index (χ4v) is 6.46. The van der Waals surface area contributed by atoms with Crippen LogP contribution in [-0.4, -0.2) is 15.0 Å². The Bertz CT molecular complexity index is 2470. The predicted octanol–water partition coefficient (Wildman–Crippen LogP) is 10.6. The van der Waals surface area contributed by atoms with E-state index in [0.717, 1.165) is 32.8 Å². The van der Waals surface area contributed by atoms with Crippen LogP contribution in [0.15, 0.2) is 152 Å². The van der Waals surface area contributed by atoms with Crippen LogP contribution in [0.2, 0.25) is 0 Å². The highest BCUT2D eigenvalue weighted by atomic mass is 15.0. The van der Waals surface area contributed by atoms with Gasteiger partial charge in [-0.2, -0.15) is 0 Å². The standard InChI is InChI=1S/C41H25N3/c1-3-11-29-24-31(18-16-26(29)8-1)39-42-40(32-19-17-27-9-2-4-12-30(27)25-32)44-41(43-39)38-15-7-14-34-36-21-20-28-10-5-6-13-33(28)35(36)22-23-37(34)38/h1-25H. The van der Waals surface area contributed by atoms with E-state index in [0.29, 0.717) is 17.5 Å². The SMILES string of the molecule is c1ccc2cc(-c3nc(-c4ccc5ccccc5c4)nc(-c4cccc5c4ccc4c6ccccc6ccc54)n3)ccc2c1. The van der Waals surface area contributed by atoms with Crippen molar-refractivity contribution in [2.45, 2.75) is 0 Å². The Morgan fingerprint density at radius 2 is 0.727 bits per heavy atom. The lowest BCUT2D eigenvalue weighted by Gasteiger charge is -2.13. The van der Waals surface area contributed by atoms with Gasteiger partial charge in [-0.3, -0.25) is 0 Å². The van der Waals surface area contributed by atoms with Gasteiger partial charge in [0.05, 0.1) is 0 Å². The first kappa shape index (κ1) is 24.6. The molecule has 8 aromatic carbocycles. The second-order valence-electron chi connectivity index (χ2n) is 11.3. The average Bonchev–Trinajstić information content (AvgIpc) is 3.10. The molecule has 0 saturated heterocycles. The maximum atomic E-state index is 5.13. The third-order valence-corrected chi connectivity index (χ3v) is 8.68. The minimum atomic E-state index is 0.660. The van der Waals surface area contributed by atoms with Crippen molar-refractivity contribution in [1.29, 1.82) is 0 Å². The molecule has 0 amide bonds. The van der Waals surface area contributed by atoms with Gasteiger partial charge < -0.3 is 0 Å². The van der Waals surface area contributed by atoms with Crippen LogP contribution in [0.25, 0.3) is 88.0 Å². The third kappa shape index (κ3) is 4.02. The first-order valence-electron chi connectivity index (χ1n) is 14.9. The number of rotatable bonds is 3. The van der Waals surface area contributed by atoms with Crippen LogP contribution in [0, 0.1) is 0 Å². The zero-order valence-corrected chi connectivity index (χ0v) is 23.8. The molecule has 0 fully saturated rings. The summed E-state index contributed by atoms with van der Waals surface area (Å²) in [5.74, 6) is 1.98. The zero-order chi connectivity index (χ0) is 29.0. The van der Waals surface area contributed by atoms with Crippen molar-refractivity contribution < 1.29 is 0 Å². The van der Waals surface area contributed by atoms with E-state index in [9.17, 15) is 0 Å². The molecule has 0 bridgehead atoms. The highest BCUT2D eigenvalue weighted by molar-refractivity contribution is 6.19. The smallest absolute Gasteiger partial charge is 0.164 e. The van der Waals surface area contributed by atoms with Crippen LogP contribution in [0.5, 0.6) is 0 Å². The van der Waals surface area contributed by atoms with E-state index in [1.54, 1.807) is 0 Å². The molecule has 44 heavy (non-hydrogen) atoms. The topological polar surface area (TPSA) is 38.7 Å². The number of hydrogen-bond acceptors (Lipinski definition) is 3. The summed E-state index contributed by atoms with van der Waals surface area (Å²) in [5.41, 5.74) is 2.92. The monoisotopic (exact) mass is 559 g/mol. The fourth-order valence-electron chi connectivity index (χ4n) is 6.46. The van der Waals surface area contributed by atoms with Gasteiger partial charge in [0.2, 0.25) is 0 Å². The molecule has 0 spiro atoms. The molecular weight excluding hydrogens is 534 g/mol. The molecular formula is C41H25N3. The van der Waals surface area contributed by atoms with Gasteiger partial charge in [-0.05, 0) is 66.0 Å². The third-order valence-electron chi connectivity index (χ3n) is 8.68. The number of fused-ring (bicyclic) bond motifs is 7. The Kier molecular flexibility index (Phi) is 5.50. The van der Waals surface area contributed by atoms with E-state index in [4.69, 9.17) is 15.0 Å². The molecule has 204 valence electrons. The normalized spacial score (nSPS) is 11.6. The van der Waals surface area contributed by atoms with E-state index in [2.05, 4.69) is 152 Å². The summed E-state index contributed by atoms with van der Waals surface area (Å²) < 4.78 is 0. The minimum absolute atomic E-state index is 0.660. The summed E-state index contributed by atoms with van der Waals surface area (Å²) in [6, 6.07) is 53.5. The van der Waals surface area contributed by atoms with Gasteiger partial charge in [0.15, 0.2) is 17.5 Å². The first-order chi connectivity index (χ1) is 21.8. The fraction of sp³-hybridized carbons (Fsp3) is 0. The van der Waals surface area contributed by atoms with Crippen LogP contribution in [-0.2, 0) is 0 Å². The van der Waals surface area contributed by atoms with Gasteiger partial charge in [-0.15, -0.1) is 0 Å². The number of nitrogens with zero attached hydrogens (tertiary/aromatic N) is 3. The Morgan fingerprint density at radius 3 is 1.41 bits per heavy atom. The molecule has 1 aromatic heterocycles. The van der Waals surface area contributed by atoms with Gasteiger partial charge in [-0.25, -0.2) is 15.0 Å². The van der Waals surface area contributed by atoms with Crippen molar-refractivity contribution in [3.63, 3.8) is 0 Å². The van der Waals surface area contributed by atoms with Crippen molar-refractivity contribution in [3.05, 3.63) is 152 Å². The van der Waals surface area contributed by atoms with Crippen LogP contribution >= 0.6 is 0 Å². The number of aromatic nitrogens is 3. The molecule has 0 aliphatic rings. The maximum Gasteiger partial charge on any atom is 0.164 e. The van der Waals surface area contributed by atoms with Crippen molar-refractivity contribution in [1.82, 2.24) is 15.0 Å². The minimum Gasteiger partial charge on any atom is -0.208 e.